The van der Waals surface area contributed by atoms with E-state index in [1.54, 1.807) is 18.2 Å². The van der Waals surface area contributed by atoms with Crippen molar-refractivity contribution in [1.82, 2.24) is 15.0 Å². The summed E-state index contributed by atoms with van der Waals surface area (Å²) < 4.78 is 66.9. The van der Waals surface area contributed by atoms with Gasteiger partial charge in [0, 0.05) is 35.0 Å². The molecule has 3 heterocycles. The molecule has 0 aliphatic heterocycles. The molecule has 0 radical (unpaired) electrons. The Kier molecular flexibility index (Phi) is 7.75. The van der Waals surface area contributed by atoms with E-state index < -0.39 is 29.2 Å². The lowest BCUT2D eigenvalue weighted by Gasteiger charge is -2.15. The molecule has 1 amide bonds. The van der Waals surface area contributed by atoms with Crippen molar-refractivity contribution in [3.63, 3.8) is 0 Å². The van der Waals surface area contributed by atoms with E-state index in [2.05, 4.69) is 29.9 Å². The molecule has 0 bridgehead atoms. The molecule has 7 nitrogen and oxygen atoms in total. The van der Waals surface area contributed by atoms with Crippen LogP contribution < -0.4 is 10.6 Å². The van der Waals surface area contributed by atoms with Gasteiger partial charge in [0.25, 0.3) is 6.43 Å². The Balaban J connectivity index is 1.86. The topological polar surface area (TPSA) is 92.2 Å². The van der Waals surface area contributed by atoms with Crippen molar-refractivity contribution in [2.24, 2.45) is 4.36 Å². The summed E-state index contributed by atoms with van der Waals surface area (Å²) in [5.74, 6) is -0.976. The van der Waals surface area contributed by atoms with Crippen LogP contribution in [0.4, 0.5) is 39.4 Å². The number of fused-ring (bicyclic) bond motifs is 1. The predicted octanol–water partition coefficient (Wildman–Crippen LogP) is 5.55. The van der Waals surface area contributed by atoms with E-state index in [9.17, 15) is 26.7 Å². The van der Waals surface area contributed by atoms with Crippen LogP contribution in [0, 0.1) is 0 Å². The number of carbonyl (C=O) groups is 1. The first kappa shape index (κ1) is 25.4. The van der Waals surface area contributed by atoms with E-state index in [4.69, 9.17) is 0 Å². The van der Waals surface area contributed by atoms with Crippen LogP contribution in [0.5, 0.6) is 0 Å². The van der Waals surface area contributed by atoms with Crippen molar-refractivity contribution in [2.45, 2.75) is 38.2 Å². The van der Waals surface area contributed by atoms with Gasteiger partial charge in [0.2, 0.25) is 0 Å². The second kappa shape index (κ2) is 10.4. The van der Waals surface area contributed by atoms with Gasteiger partial charge in [0.05, 0.1) is 0 Å². The lowest BCUT2D eigenvalue weighted by Crippen LogP contribution is -2.21. The fourth-order valence-electron chi connectivity index (χ4n) is 2.96. The first-order valence-electron chi connectivity index (χ1n) is 9.95. The van der Waals surface area contributed by atoms with Crippen molar-refractivity contribution < 1.29 is 26.7 Å². The van der Waals surface area contributed by atoms with E-state index in [0.29, 0.717) is 33.8 Å². The molecule has 1 atom stereocenters. The largest absolute Gasteiger partial charge is 0.474 e. The average Bonchev–Trinajstić information content (AvgIpc) is 2.73. The van der Waals surface area contributed by atoms with Gasteiger partial charge in [0.15, 0.2) is 0 Å². The Morgan fingerprint density at radius 1 is 1.15 bits per heavy atom. The zero-order valence-electron chi connectivity index (χ0n) is 18.3. The minimum absolute atomic E-state index is 0.0518. The SMILES string of the molecule is CC(C)Nc1nc(C(F)F)cc2cnc(Nc3cc(C/S(C)=N/C(=O)C(F)(F)F)ccn3)cc12. The van der Waals surface area contributed by atoms with Crippen LogP contribution in [0.25, 0.3) is 10.8 Å². The summed E-state index contributed by atoms with van der Waals surface area (Å²) in [7, 11) is -1.18. The third-order valence-corrected chi connectivity index (χ3v) is 5.55. The van der Waals surface area contributed by atoms with Gasteiger partial charge in [-0.2, -0.15) is 17.5 Å². The highest BCUT2D eigenvalue weighted by Gasteiger charge is 2.38. The van der Waals surface area contributed by atoms with Crippen LogP contribution in [0.1, 0.15) is 31.5 Å². The Labute approximate surface area is 194 Å². The van der Waals surface area contributed by atoms with Crippen molar-refractivity contribution in [3.05, 3.63) is 47.9 Å². The maximum Gasteiger partial charge on any atom is 0.474 e. The predicted molar refractivity (Wildman–Crippen MR) is 121 cm³/mol. The number of aromatic nitrogens is 3. The monoisotopic (exact) mass is 500 g/mol. The third kappa shape index (κ3) is 6.65. The van der Waals surface area contributed by atoms with E-state index in [0.717, 1.165) is 0 Å². The number of hydrogen-bond acceptors (Lipinski definition) is 6. The fourth-order valence-corrected chi connectivity index (χ4v) is 4.07. The molecule has 13 heteroatoms. The van der Waals surface area contributed by atoms with Crippen molar-refractivity contribution in [3.8, 4) is 0 Å². The molecule has 0 aliphatic carbocycles. The lowest BCUT2D eigenvalue weighted by molar-refractivity contribution is -0.169. The highest BCUT2D eigenvalue weighted by molar-refractivity contribution is 7.86. The van der Waals surface area contributed by atoms with E-state index >= 15 is 0 Å². The summed E-state index contributed by atoms with van der Waals surface area (Å²) in [4.78, 5) is 23.5. The number of nitrogens with zero attached hydrogens (tertiary/aromatic N) is 4. The second-order valence-corrected chi connectivity index (χ2v) is 9.27. The molecule has 182 valence electrons. The molecule has 0 fully saturated rings. The van der Waals surface area contributed by atoms with Crippen LogP contribution in [-0.4, -0.2) is 39.3 Å². The molecule has 3 rings (SSSR count). The normalized spacial score (nSPS) is 13.0. The molecule has 0 spiro atoms. The number of carbonyl (C=O) groups excluding carboxylic acids is 1. The Morgan fingerprint density at radius 2 is 1.85 bits per heavy atom. The number of alkyl halides is 5. The molecular formula is C21H21F5N6OS. The lowest BCUT2D eigenvalue weighted by atomic mass is 10.1. The van der Waals surface area contributed by atoms with Crippen molar-refractivity contribution >= 4 is 44.8 Å². The highest BCUT2D eigenvalue weighted by Crippen LogP contribution is 2.29. The van der Waals surface area contributed by atoms with E-state index in [1.807, 2.05) is 13.8 Å². The number of pyridine rings is 3. The molecule has 0 saturated carbocycles. The molecule has 1 unspecified atom stereocenters. The zero-order chi connectivity index (χ0) is 25.0. The summed E-state index contributed by atoms with van der Waals surface area (Å²) in [5, 5.41) is 7.10. The highest BCUT2D eigenvalue weighted by atomic mass is 32.2. The molecule has 0 aromatic carbocycles. The number of halogens is 5. The first-order chi connectivity index (χ1) is 15.9. The minimum atomic E-state index is -5.00. The maximum atomic E-state index is 13.2. The van der Waals surface area contributed by atoms with Gasteiger partial charge in [-0.1, -0.05) is 10.7 Å². The van der Waals surface area contributed by atoms with Crippen LogP contribution in [0.3, 0.4) is 0 Å². The summed E-state index contributed by atoms with van der Waals surface area (Å²) in [6.07, 6.45) is -3.40. The van der Waals surface area contributed by atoms with Gasteiger partial charge in [0.1, 0.15) is 23.1 Å². The Bertz CT molecular complexity index is 1230. The summed E-state index contributed by atoms with van der Waals surface area (Å²) in [6, 6.07) is 6.07. The van der Waals surface area contributed by atoms with Crippen molar-refractivity contribution in [2.75, 3.05) is 16.9 Å². The van der Waals surface area contributed by atoms with Crippen molar-refractivity contribution in [1.29, 1.82) is 0 Å². The second-order valence-electron chi connectivity index (χ2n) is 7.60. The van der Waals surface area contributed by atoms with Gasteiger partial charge in [-0.05, 0) is 49.9 Å². The van der Waals surface area contributed by atoms with Gasteiger partial charge >= 0.3 is 12.1 Å². The van der Waals surface area contributed by atoms with E-state index in [-0.39, 0.29) is 17.5 Å². The zero-order valence-corrected chi connectivity index (χ0v) is 19.1. The summed E-state index contributed by atoms with van der Waals surface area (Å²) in [6.45, 7) is 3.71. The average molecular weight is 500 g/mol. The number of rotatable bonds is 7. The minimum Gasteiger partial charge on any atom is -0.367 e. The standard InChI is InChI=1S/C21H21F5N6OS/c1-11(2)29-19-14-8-17(28-9-13(14)7-15(30-19)18(22)23)31-16-6-12(4-5-27-16)10-34(3)32-20(33)21(24,25)26/h4-9,11,18H,10H2,1-3H3,(H,29,30)(H,27,28,31). The maximum absolute atomic E-state index is 13.2. The first-order valence-corrected chi connectivity index (χ1v) is 11.7. The molecule has 34 heavy (non-hydrogen) atoms. The van der Waals surface area contributed by atoms with Crippen LogP contribution in [0.15, 0.2) is 41.0 Å². The number of hydrogen-bond donors (Lipinski definition) is 2. The fraction of sp³-hybridized carbons (Fsp3) is 0.333. The molecule has 2 N–H and O–H groups in total. The van der Waals surface area contributed by atoms with Gasteiger partial charge < -0.3 is 10.6 Å². The third-order valence-electron chi connectivity index (χ3n) is 4.32. The van der Waals surface area contributed by atoms with Gasteiger partial charge in [-0.3, -0.25) is 4.79 Å². The quantitative estimate of drug-likeness (QED) is 0.414. The number of amides is 1. The van der Waals surface area contributed by atoms with Crippen LogP contribution >= 0.6 is 0 Å². The van der Waals surface area contributed by atoms with Gasteiger partial charge in [-0.15, -0.1) is 0 Å². The molecule has 0 aliphatic rings. The van der Waals surface area contributed by atoms with E-state index in [1.165, 1.54) is 24.7 Å². The summed E-state index contributed by atoms with van der Waals surface area (Å²) in [5.41, 5.74) is 0.255. The molecule has 3 aromatic rings. The van der Waals surface area contributed by atoms with Crippen LogP contribution in [-0.2, 0) is 21.2 Å². The smallest absolute Gasteiger partial charge is 0.367 e. The van der Waals surface area contributed by atoms with Crippen LogP contribution in [0.2, 0.25) is 0 Å². The number of nitrogens with one attached hydrogen (secondary N) is 2. The molecular weight excluding hydrogens is 479 g/mol. The van der Waals surface area contributed by atoms with Gasteiger partial charge in [-0.25, -0.2) is 23.7 Å². The molecule has 3 aromatic heterocycles. The Morgan fingerprint density at radius 3 is 2.50 bits per heavy atom. The molecule has 0 saturated heterocycles. The number of anilines is 3. The Hall–Kier alpha value is -3.22. The summed E-state index contributed by atoms with van der Waals surface area (Å²) >= 11 is 0.